The second-order valence-electron chi connectivity index (χ2n) is 3.63. The molecule has 1 aromatic heterocycles. The van der Waals surface area contributed by atoms with Gasteiger partial charge in [-0.3, -0.25) is 0 Å². The molecule has 4 nitrogen and oxygen atoms in total. The maximum Gasteiger partial charge on any atom is 0.419 e. The first kappa shape index (κ1) is 14.3. The fraction of sp³-hybridized carbons (Fsp3) is 0.0909. The molecule has 0 aliphatic carbocycles. The number of ether oxygens (including phenoxy) is 1. The maximum atomic E-state index is 13.1. The average Bonchev–Trinajstić information content (AvgIpc) is 2.29. The zero-order chi connectivity index (χ0) is 14.9. The number of nitrogens with two attached hydrogens (primary N) is 1. The highest BCUT2D eigenvalue weighted by atomic mass is 35.5. The van der Waals surface area contributed by atoms with Gasteiger partial charge in [0.15, 0.2) is 0 Å². The third kappa shape index (κ3) is 3.27. The zero-order valence-corrected chi connectivity index (χ0v) is 10.3. The van der Waals surface area contributed by atoms with Gasteiger partial charge in [-0.2, -0.15) is 18.2 Å². The molecule has 0 unspecified atom stereocenters. The Morgan fingerprint density at radius 1 is 1.15 bits per heavy atom. The van der Waals surface area contributed by atoms with Crippen molar-refractivity contribution in [3.8, 4) is 11.6 Å². The van der Waals surface area contributed by atoms with Gasteiger partial charge < -0.3 is 10.5 Å². The number of benzene rings is 1. The van der Waals surface area contributed by atoms with Gasteiger partial charge in [0.05, 0.1) is 5.56 Å². The fourth-order valence-corrected chi connectivity index (χ4v) is 1.55. The van der Waals surface area contributed by atoms with Crippen LogP contribution in [0, 0.1) is 5.82 Å². The van der Waals surface area contributed by atoms with E-state index in [1.807, 2.05) is 0 Å². The lowest BCUT2D eigenvalue weighted by Crippen LogP contribution is -2.08. The van der Waals surface area contributed by atoms with Crippen LogP contribution in [0.4, 0.5) is 23.5 Å². The summed E-state index contributed by atoms with van der Waals surface area (Å²) in [5, 5.41) is -0.0364. The molecule has 2 rings (SSSR count). The number of nitrogens with zero attached hydrogens (tertiary/aromatic N) is 2. The number of halogens is 5. The third-order valence-electron chi connectivity index (χ3n) is 2.15. The smallest absolute Gasteiger partial charge is 0.419 e. The van der Waals surface area contributed by atoms with E-state index in [4.69, 9.17) is 22.1 Å². The summed E-state index contributed by atoms with van der Waals surface area (Å²) in [6.07, 6.45) is -4.83. The van der Waals surface area contributed by atoms with Crippen molar-refractivity contribution in [2.24, 2.45) is 0 Å². The van der Waals surface area contributed by atoms with Gasteiger partial charge in [-0.25, -0.2) is 9.37 Å². The molecule has 0 atom stereocenters. The molecule has 0 aliphatic rings. The van der Waals surface area contributed by atoms with Crippen LogP contribution >= 0.6 is 11.6 Å². The molecule has 0 radical (unpaired) electrons. The Morgan fingerprint density at radius 2 is 1.85 bits per heavy atom. The first-order chi connectivity index (χ1) is 9.25. The minimum Gasteiger partial charge on any atom is -0.439 e. The van der Waals surface area contributed by atoms with E-state index in [1.165, 1.54) is 0 Å². The van der Waals surface area contributed by atoms with Gasteiger partial charge in [0.2, 0.25) is 11.8 Å². The van der Waals surface area contributed by atoms with Crippen LogP contribution < -0.4 is 10.5 Å². The number of rotatable bonds is 2. The quantitative estimate of drug-likeness (QED) is 0.679. The lowest BCUT2D eigenvalue weighted by Gasteiger charge is -2.10. The first-order valence-electron chi connectivity index (χ1n) is 5.10. The van der Waals surface area contributed by atoms with Crippen molar-refractivity contribution in [2.45, 2.75) is 6.18 Å². The van der Waals surface area contributed by atoms with E-state index in [-0.39, 0.29) is 22.7 Å². The maximum absolute atomic E-state index is 13.1. The van der Waals surface area contributed by atoms with E-state index in [0.717, 1.165) is 12.1 Å². The first-order valence-corrected chi connectivity index (χ1v) is 5.48. The van der Waals surface area contributed by atoms with Gasteiger partial charge in [-0.1, -0.05) is 11.6 Å². The van der Waals surface area contributed by atoms with Crippen LogP contribution in [0.15, 0.2) is 24.3 Å². The molecule has 1 aromatic carbocycles. The van der Waals surface area contributed by atoms with E-state index in [1.54, 1.807) is 0 Å². The monoisotopic (exact) mass is 307 g/mol. The molecule has 0 spiro atoms. The molecule has 0 amide bonds. The molecule has 1 heterocycles. The average molecular weight is 308 g/mol. The summed E-state index contributed by atoms with van der Waals surface area (Å²) in [6.45, 7) is 0. The van der Waals surface area contributed by atoms with E-state index >= 15 is 0 Å². The van der Waals surface area contributed by atoms with Crippen LogP contribution in [0.25, 0.3) is 0 Å². The number of hydrogen-bond donors (Lipinski definition) is 1. The number of anilines is 1. The van der Waals surface area contributed by atoms with Gasteiger partial charge in [0.25, 0.3) is 0 Å². The van der Waals surface area contributed by atoms with Crippen molar-refractivity contribution in [3.05, 3.63) is 40.8 Å². The summed E-state index contributed by atoms with van der Waals surface area (Å²) < 4.78 is 55.7. The Labute approximate surface area is 115 Å². The van der Waals surface area contributed by atoms with Gasteiger partial charge in [-0.15, -0.1) is 0 Å². The number of alkyl halides is 3. The van der Waals surface area contributed by atoms with Crippen LogP contribution in [-0.2, 0) is 6.18 Å². The minimum atomic E-state index is -4.83. The van der Waals surface area contributed by atoms with Crippen LogP contribution in [0.3, 0.4) is 0 Å². The van der Waals surface area contributed by atoms with Gasteiger partial charge in [0, 0.05) is 6.07 Å². The van der Waals surface area contributed by atoms with Crippen molar-refractivity contribution >= 4 is 17.5 Å². The molecular weight excluding hydrogens is 302 g/mol. The van der Waals surface area contributed by atoms with Crippen molar-refractivity contribution in [1.82, 2.24) is 9.97 Å². The van der Waals surface area contributed by atoms with Gasteiger partial charge in [0.1, 0.15) is 16.7 Å². The van der Waals surface area contributed by atoms with Crippen LogP contribution in [0.1, 0.15) is 5.56 Å². The summed E-state index contributed by atoms with van der Waals surface area (Å²) in [5.74, 6) is -2.01. The van der Waals surface area contributed by atoms with E-state index in [2.05, 4.69) is 9.97 Å². The van der Waals surface area contributed by atoms with Crippen LogP contribution in [-0.4, -0.2) is 9.97 Å². The number of hydrogen-bond acceptors (Lipinski definition) is 4. The number of aromatic nitrogens is 2. The highest BCUT2D eigenvalue weighted by Gasteiger charge is 2.34. The SMILES string of the molecule is Nc1nc(Cl)cc(Oc2ccc(F)c(C(F)(F)F)c2)n1. The van der Waals surface area contributed by atoms with Crippen molar-refractivity contribution in [3.63, 3.8) is 0 Å². The van der Waals surface area contributed by atoms with E-state index in [9.17, 15) is 17.6 Å². The van der Waals surface area contributed by atoms with Crippen molar-refractivity contribution in [2.75, 3.05) is 5.73 Å². The summed E-state index contributed by atoms with van der Waals surface area (Å²) in [5.41, 5.74) is 3.87. The highest BCUT2D eigenvalue weighted by molar-refractivity contribution is 6.29. The van der Waals surface area contributed by atoms with Crippen molar-refractivity contribution < 1.29 is 22.3 Å². The molecule has 2 aromatic rings. The molecular formula is C11H6ClF4N3O. The molecule has 20 heavy (non-hydrogen) atoms. The molecule has 0 aliphatic heterocycles. The molecule has 106 valence electrons. The normalized spacial score (nSPS) is 11.4. The second-order valence-corrected chi connectivity index (χ2v) is 4.02. The standard InChI is InChI=1S/C11H6ClF4N3O/c12-8-4-9(19-10(17)18-8)20-5-1-2-7(13)6(3-5)11(14,15)16/h1-4H,(H2,17,18,19). The van der Waals surface area contributed by atoms with Crippen LogP contribution in [0.5, 0.6) is 11.6 Å². The van der Waals surface area contributed by atoms with Crippen LogP contribution in [0.2, 0.25) is 5.15 Å². The topological polar surface area (TPSA) is 61.0 Å². The van der Waals surface area contributed by atoms with Gasteiger partial charge in [-0.05, 0) is 18.2 Å². The Kier molecular flexibility index (Phi) is 3.67. The Morgan fingerprint density at radius 3 is 2.45 bits per heavy atom. The molecule has 0 fully saturated rings. The second kappa shape index (κ2) is 5.12. The molecule has 9 heteroatoms. The summed E-state index contributed by atoms with van der Waals surface area (Å²) in [7, 11) is 0. The lowest BCUT2D eigenvalue weighted by molar-refractivity contribution is -0.140. The Bertz CT molecular complexity index is 628. The summed E-state index contributed by atoms with van der Waals surface area (Å²) in [4.78, 5) is 7.19. The molecule has 0 bridgehead atoms. The Hall–Kier alpha value is -2.09. The van der Waals surface area contributed by atoms with Crippen molar-refractivity contribution in [1.29, 1.82) is 0 Å². The molecule has 2 N–H and O–H groups in total. The Balaban J connectivity index is 2.35. The summed E-state index contributed by atoms with van der Waals surface area (Å²) in [6, 6.07) is 3.34. The molecule has 0 saturated heterocycles. The molecule has 0 saturated carbocycles. The minimum absolute atomic E-state index is 0.0364. The van der Waals surface area contributed by atoms with E-state index in [0.29, 0.717) is 12.1 Å². The fourth-order valence-electron chi connectivity index (χ4n) is 1.37. The predicted molar refractivity (Wildman–Crippen MR) is 62.9 cm³/mol. The highest BCUT2D eigenvalue weighted by Crippen LogP contribution is 2.34. The largest absolute Gasteiger partial charge is 0.439 e. The predicted octanol–water partition coefficient (Wildman–Crippen LogP) is 3.66. The van der Waals surface area contributed by atoms with Gasteiger partial charge >= 0.3 is 6.18 Å². The summed E-state index contributed by atoms with van der Waals surface area (Å²) >= 11 is 5.59. The number of nitrogen functional groups attached to an aromatic ring is 1. The van der Waals surface area contributed by atoms with E-state index < -0.39 is 17.6 Å². The lowest BCUT2D eigenvalue weighted by atomic mass is 10.2. The zero-order valence-electron chi connectivity index (χ0n) is 9.58. The third-order valence-corrected chi connectivity index (χ3v) is 2.35.